The Hall–Kier alpha value is -1.06. The van der Waals surface area contributed by atoms with Crippen LogP contribution in [0.15, 0.2) is 0 Å². The molecule has 3 rings (SSSR count). The highest BCUT2D eigenvalue weighted by molar-refractivity contribution is 5.81. The summed E-state index contributed by atoms with van der Waals surface area (Å²) < 4.78 is 11.6. The van der Waals surface area contributed by atoms with Gasteiger partial charge in [-0.15, -0.1) is 0 Å². The van der Waals surface area contributed by atoms with E-state index in [4.69, 9.17) is 9.47 Å². The normalized spacial score (nSPS) is 39.7. The summed E-state index contributed by atoms with van der Waals surface area (Å²) in [5.74, 6) is 0.400. The Bertz CT molecular complexity index is 523. The van der Waals surface area contributed by atoms with Crippen LogP contribution >= 0.6 is 0 Å². The molecule has 3 fully saturated rings. The molecule has 0 N–H and O–H groups in total. The van der Waals surface area contributed by atoms with Crippen LogP contribution in [-0.4, -0.2) is 24.1 Å². The van der Waals surface area contributed by atoms with Crippen LogP contribution in [0.2, 0.25) is 0 Å². The largest absolute Gasteiger partial charge is 0.458 e. The zero-order valence-corrected chi connectivity index (χ0v) is 15.2. The Kier molecular flexibility index (Phi) is 3.81. The van der Waals surface area contributed by atoms with E-state index in [-0.39, 0.29) is 58.6 Å². The van der Waals surface area contributed by atoms with Gasteiger partial charge in [0.15, 0.2) is 0 Å². The van der Waals surface area contributed by atoms with E-state index in [2.05, 4.69) is 34.6 Å². The molecule has 0 radical (unpaired) electrons. The molecule has 0 spiro atoms. The van der Waals surface area contributed by atoms with Gasteiger partial charge in [-0.25, -0.2) is 0 Å². The molecule has 130 valence electrons. The molecule has 0 aromatic carbocycles. The number of esters is 2. The van der Waals surface area contributed by atoms with Crippen LogP contribution in [0.25, 0.3) is 0 Å². The number of carbonyl (C=O) groups excluding carboxylic acids is 2. The highest BCUT2D eigenvalue weighted by Gasteiger charge is 2.69. The minimum atomic E-state index is -0.335. The summed E-state index contributed by atoms with van der Waals surface area (Å²) in [6.45, 7) is 12.5. The van der Waals surface area contributed by atoms with E-state index >= 15 is 0 Å². The maximum absolute atomic E-state index is 12.9. The molecule has 6 unspecified atom stereocenters. The first kappa shape index (κ1) is 16.8. The summed E-state index contributed by atoms with van der Waals surface area (Å²) in [6.07, 6.45) is 2.23. The van der Waals surface area contributed by atoms with Gasteiger partial charge in [0, 0.05) is 11.8 Å². The van der Waals surface area contributed by atoms with Crippen molar-refractivity contribution >= 4 is 11.9 Å². The Morgan fingerprint density at radius 3 is 2.65 bits per heavy atom. The van der Waals surface area contributed by atoms with Gasteiger partial charge in [-0.2, -0.15) is 0 Å². The summed E-state index contributed by atoms with van der Waals surface area (Å²) in [5, 5.41) is 0. The molecule has 1 heterocycles. The van der Waals surface area contributed by atoms with E-state index in [9.17, 15) is 9.59 Å². The lowest BCUT2D eigenvalue weighted by Crippen LogP contribution is -2.43. The van der Waals surface area contributed by atoms with Crippen molar-refractivity contribution in [3.8, 4) is 0 Å². The zero-order chi connectivity index (χ0) is 17.2. The van der Waals surface area contributed by atoms with Crippen molar-refractivity contribution in [2.24, 2.45) is 34.5 Å². The standard InChI is InChI=1S/C19H30O4/c1-7-18(4,5)13(10(2)3)16(20)22-14-11-8-12-15(14)23-17(21)19(12,6)9-11/h10-15H,7-9H2,1-6H3. The van der Waals surface area contributed by atoms with Gasteiger partial charge in [0.05, 0.1) is 11.3 Å². The van der Waals surface area contributed by atoms with Crippen LogP contribution < -0.4 is 0 Å². The monoisotopic (exact) mass is 322 g/mol. The molecule has 4 nitrogen and oxygen atoms in total. The summed E-state index contributed by atoms with van der Waals surface area (Å²) in [4.78, 5) is 25.0. The maximum atomic E-state index is 12.9. The molecular formula is C19H30O4. The molecule has 4 heteroatoms. The summed E-state index contributed by atoms with van der Waals surface area (Å²) in [7, 11) is 0. The number of ether oxygens (including phenoxy) is 2. The van der Waals surface area contributed by atoms with E-state index in [0.29, 0.717) is 0 Å². The van der Waals surface area contributed by atoms with Gasteiger partial charge < -0.3 is 9.47 Å². The number of carbonyl (C=O) groups is 2. The minimum Gasteiger partial charge on any atom is -0.458 e. The van der Waals surface area contributed by atoms with E-state index in [0.717, 1.165) is 19.3 Å². The molecule has 6 atom stereocenters. The number of hydrogen-bond donors (Lipinski definition) is 0. The summed E-state index contributed by atoms with van der Waals surface area (Å²) in [6, 6.07) is 0. The first-order valence-corrected chi connectivity index (χ1v) is 9.03. The molecule has 3 aliphatic rings. The first-order chi connectivity index (χ1) is 10.6. The second kappa shape index (κ2) is 5.22. The van der Waals surface area contributed by atoms with Crippen molar-refractivity contribution in [1.82, 2.24) is 0 Å². The van der Waals surface area contributed by atoms with Crippen LogP contribution in [0.5, 0.6) is 0 Å². The van der Waals surface area contributed by atoms with E-state index < -0.39 is 0 Å². The van der Waals surface area contributed by atoms with Crippen molar-refractivity contribution in [2.75, 3.05) is 0 Å². The van der Waals surface area contributed by atoms with Crippen molar-refractivity contribution in [3.05, 3.63) is 0 Å². The lowest BCUT2D eigenvalue weighted by molar-refractivity contribution is -0.171. The average Bonchev–Trinajstić information content (AvgIpc) is 2.99. The Morgan fingerprint density at radius 1 is 1.43 bits per heavy atom. The molecule has 0 aromatic heterocycles. The molecule has 0 aromatic rings. The Labute approximate surface area is 139 Å². The first-order valence-electron chi connectivity index (χ1n) is 9.03. The SMILES string of the molecule is CCC(C)(C)C(C(=O)OC1C2CC3C1OC(=O)C3(C)C2)C(C)C. The van der Waals surface area contributed by atoms with Gasteiger partial charge in [0.25, 0.3) is 0 Å². The molecule has 2 saturated carbocycles. The second-order valence-electron chi connectivity index (χ2n) is 9.06. The molecule has 2 aliphatic carbocycles. The fourth-order valence-corrected chi connectivity index (χ4v) is 5.34. The quantitative estimate of drug-likeness (QED) is 0.726. The van der Waals surface area contributed by atoms with Gasteiger partial charge in [-0.3, -0.25) is 9.59 Å². The minimum absolute atomic E-state index is 0.0935. The van der Waals surface area contributed by atoms with E-state index in [1.807, 2.05) is 6.92 Å². The number of rotatable bonds is 5. The maximum Gasteiger partial charge on any atom is 0.312 e. The van der Waals surface area contributed by atoms with Crippen molar-refractivity contribution in [1.29, 1.82) is 0 Å². The molecular weight excluding hydrogens is 292 g/mol. The van der Waals surface area contributed by atoms with Gasteiger partial charge in [0.2, 0.25) is 0 Å². The summed E-state index contributed by atoms with van der Waals surface area (Å²) in [5.41, 5.74) is -0.428. The predicted octanol–water partition coefficient (Wildman–Crippen LogP) is 3.58. The van der Waals surface area contributed by atoms with Crippen molar-refractivity contribution in [3.63, 3.8) is 0 Å². The third-order valence-corrected chi connectivity index (χ3v) is 6.88. The highest BCUT2D eigenvalue weighted by Crippen LogP contribution is 2.62. The Balaban J connectivity index is 1.76. The van der Waals surface area contributed by atoms with Gasteiger partial charge in [0.1, 0.15) is 12.2 Å². The topological polar surface area (TPSA) is 52.6 Å². The molecule has 1 saturated heterocycles. The van der Waals surface area contributed by atoms with E-state index in [1.54, 1.807) is 0 Å². The lowest BCUT2D eigenvalue weighted by atomic mass is 9.71. The highest BCUT2D eigenvalue weighted by atomic mass is 16.6. The van der Waals surface area contributed by atoms with Gasteiger partial charge in [-0.05, 0) is 31.1 Å². The fourth-order valence-electron chi connectivity index (χ4n) is 5.34. The third-order valence-electron chi connectivity index (χ3n) is 6.88. The van der Waals surface area contributed by atoms with E-state index in [1.165, 1.54) is 0 Å². The van der Waals surface area contributed by atoms with Crippen molar-refractivity contribution < 1.29 is 19.1 Å². The average molecular weight is 322 g/mol. The number of fused-ring (bicyclic) bond motifs is 1. The second-order valence-corrected chi connectivity index (χ2v) is 9.06. The summed E-state index contributed by atoms with van der Waals surface area (Å²) >= 11 is 0. The smallest absolute Gasteiger partial charge is 0.312 e. The van der Waals surface area contributed by atoms with Crippen LogP contribution in [-0.2, 0) is 19.1 Å². The predicted molar refractivity (Wildman–Crippen MR) is 86.5 cm³/mol. The van der Waals surface area contributed by atoms with Crippen LogP contribution in [0.3, 0.4) is 0 Å². The molecule has 1 aliphatic heterocycles. The Morgan fingerprint density at radius 2 is 2.09 bits per heavy atom. The third kappa shape index (κ3) is 2.32. The van der Waals surface area contributed by atoms with Crippen LogP contribution in [0.1, 0.15) is 60.8 Å². The van der Waals surface area contributed by atoms with Crippen molar-refractivity contribution in [2.45, 2.75) is 73.0 Å². The fraction of sp³-hybridized carbons (Fsp3) is 0.895. The zero-order valence-electron chi connectivity index (χ0n) is 15.2. The molecule has 0 amide bonds. The molecule has 23 heavy (non-hydrogen) atoms. The van der Waals surface area contributed by atoms with Crippen LogP contribution in [0, 0.1) is 34.5 Å². The van der Waals surface area contributed by atoms with Gasteiger partial charge in [-0.1, -0.05) is 41.0 Å². The molecule has 2 bridgehead atoms. The number of hydrogen-bond acceptors (Lipinski definition) is 4. The van der Waals surface area contributed by atoms with Gasteiger partial charge >= 0.3 is 11.9 Å². The lowest BCUT2D eigenvalue weighted by Gasteiger charge is -2.37. The van der Waals surface area contributed by atoms with Crippen LogP contribution in [0.4, 0.5) is 0 Å².